The minimum absolute atomic E-state index is 0.226. The highest BCUT2D eigenvalue weighted by atomic mass is 16.4. The van der Waals surface area contributed by atoms with Crippen molar-refractivity contribution in [3.05, 3.63) is 35.4 Å². The van der Waals surface area contributed by atoms with Gasteiger partial charge in [0.1, 0.15) is 0 Å². The van der Waals surface area contributed by atoms with Crippen LogP contribution >= 0.6 is 0 Å². The van der Waals surface area contributed by atoms with E-state index in [0.29, 0.717) is 12.4 Å². The van der Waals surface area contributed by atoms with Gasteiger partial charge in [0.05, 0.1) is 0 Å². The van der Waals surface area contributed by atoms with Gasteiger partial charge in [0.15, 0.2) is 0 Å². The summed E-state index contributed by atoms with van der Waals surface area (Å²) in [6, 6.07) is 9.80. The van der Waals surface area contributed by atoms with Crippen molar-refractivity contribution in [1.82, 2.24) is 4.90 Å². The molecule has 1 saturated carbocycles. The van der Waals surface area contributed by atoms with E-state index in [4.69, 9.17) is 15.8 Å². The SMILES string of the molecule is NC(CCCCB(O)O)CCC1Cc2ccccc2CN1CC1CCCCC1. The van der Waals surface area contributed by atoms with Crippen molar-refractivity contribution >= 4 is 7.12 Å². The third-order valence-electron chi connectivity index (χ3n) is 6.84. The highest BCUT2D eigenvalue weighted by Crippen LogP contribution is 2.31. The van der Waals surface area contributed by atoms with Gasteiger partial charge in [-0.15, -0.1) is 0 Å². The molecule has 2 aliphatic rings. The Hall–Kier alpha value is -0.875. The zero-order valence-corrected chi connectivity index (χ0v) is 17.4. The normalized spacial score (nSPS) is 22.0. The Morgan fingerprint density at radius 1 is 1.04 bits per heavy atom. The van der Waals surface area contributed by atoms with E-state index < -0.39 is 7.12 Å². The Balaban J connectivity index is 1.51. The van der Waals surface area contributed by atoms with Crippen LogP contribution in [0.3, 0.4) is 0 Å². The molecular formula is C23H39BN2O2. The van der Waals surface area contributed by atoms with E-state index in [1.54, 1.807) is 0 Å². The molecular weight excluding hydrogens is 347 g/mol. The Bertz CT molecular complexity index is 577. The zero-order chi connectivity index (χ0) is 19.8. The van der Waals surface area contributed by atoms with Crippen LogP contribution in [0.15, 0.2) is 24.3 Å². The monoisotopic (exact) mass is 386 g/mol. The maximum absolute atomic E-state index is 8.95. The standard InChI is InChI=1S/C23H39BN2O2/c25-22(12-6-7-15-24(27)28)13-14-23-16-20-10-4-5-11-21(20)18-26(23)17-19-8-2-1-3-9-19/h4-5,10-11,19,22-23,27-28H,1-3,6-9,12-18,25H2. The van der Waals surface area contributed by atoms with Gasteiger partial charge in [-0.25, -0.2) is 0 Å². The van der Waals surface area contributed by atoms with Gasteiger partial charge in [-0.1, -0.05) is 56.4 Å². The summed E-state index contributed by atoms with van der Waals surface area (Å²) in [5.41, 5.74) is 9.43. The number of nitrogens with two attached hydrogens (primary N) is 1. The molecule has 1 aromatic carbocycles. The Morgan fingerprint density at radius 2 is 1.79 bits per heavy atom. The molecule has 0 spiro atoms. The average Bonchev–Trinajstić information content (AvgIpc) is 2.70. The quantitative estimate of drug-likeness (QED) is 0.423. The highest BCUT2D eigenvalue weighted by Gasteiger charge is 2.28. The Morgan fingerprint density at radius 3 is 2.54 bits per heavy atom. The van der Waals surface area contributed by atoms with Crippen molar-refractivity contribution in [2.45, 2.75) is 95.6 Å². The van der Waals surface area contributed by atoms with Gasteiger partial charge in [0.2, 0.25) is 0 Å². The first-order chi connectivity index (χ1) is 13.6. The average molecular weight is 386 g/mol. The first kappa shape index (κ1) is 21.8. The van der Waals surface area contributed by atoms with Gasteiger partial charge < -0.3 is 15.8 Å². The summed E-state index contributed by atoms with van der Waals surface area (Å²) in [7, 11) is -1.17. The smallest absolute Gasteiger partial charge is 0.427 e. The summed E-state index contributed by atoms with van der Waals surface area (Å²) in [5.74, 6) is 0.875. The fourth-order valence-electron chi connectivity index (χ4n) is 5.13. The summed E-state index contributed by atoms with van der Waals surface area (Å²) < 4.78 is 0. The second-order valence-corrected chi connectivity index (χ2v) is 9.16. The summed E-state index contributed by atoms with van der Waals surface area (Å²) >= 11 is 0. The topological polar surface area (TPSA) is 69.7 Å². The van der Waals surface area contributed by atoms with Crippen LogP contribution in [0, 0.1) is 5.92 Å². The highest BCUT2D eigenvalue weighted by molar-refractivity contribution is 6.40. The minimum atomic E-state index is -1.17. The number of fused-ring (bicyclic) bond motifs is 1. The molecule has 1 heterocycles. The number of hydrogen-bond acceptors (Lipinski definition) is 4. The third kappa shape index (κ3) is 6.87. The van der Waals surface area contributed by atoms with Crippen LogP contribution in [-0.2, 0) is 13.0 Å². The van der Waals surface area contributed by atoms with Crippen molar-refractivity contribution in [3.63, 3.8) is 0 Å². The van der Waals surface area contributed by atoms with E-state index in [2.05, 4.69) is 29.2 Å². The van der Waals surface area contributed by atoms with Gasteiger partial charge in [-0.05, 0) is 61.9 Å². The maximum Gasteiger partial charge on any atom is 0.451 e. The van der Waals surface area contributed by atoms with E-state index >= 15 is 0 Å². The van der Waals surface area contributed by atoms with Crippen LogP contribution in [0.25, 0.3) is 0 Å². The van der Waals surface area contributed by atoms with E-state index in [9.17, 15) is 0 Å². The lowest BCUT2D eigenvalue weighted by Gasteiger charge is -2.40. The van der Waals surface area contributed by atoms with E-state index in [-0.39, 0.29) is 6.04 Å². The molecule has 28 heavy (non-hydrogen) atoms. The first-order valence-corrected chi connectivity index (χ1v) is 11.5. The van der Waals surface area contributed by atoms with Crippen LogP contribution in [0.1, 0.15) is 75.3 Å². The second-order valence-electron chi connectivity index (χ2n) is 9.16. The molecule has 0 aromatic heterocycles. The lowest BCUT2D eigenvalue weighted by molar-refractivity contribution is 0.119. The molecule has 0 radical (unpaired) electrons. The zero-order valence-electron chi connectivity index (χ0n) is 17.4. The van der Waals surface area contributed by atoms with Gasteiger partial charge in [0, 0.05) is 25.2 Å². The lowest BCUT2D eigenvalue weighted by atomic mass is 9.83. The molecule has 4 nitrogen and oxygen atoms in total. The van der Waals surface area contributed by atoms with Gasteiger partial charge in [-0.2, -0.15) is 0 Å². The number of unbranched alkanes of at least 4 members (excludes halogenated alkanes) is 1. The Kier molecular flexibility index (Phi) is 8.84. The summed E-state index contributed by atoms with van der Waals surface area (Å²) in [6.07, 6.45) is 13.7. The molecule has 0 saturated heterocycles. The molecule has 0 amide bonds. The Labute approximate surface area is 171 Å². The van der Waals surface area contributed by atoms with Crippen LogP contribution in [0.2, 0.25) is 6.32 Å². The molecule has 2 unspecified atom stereocenters. The molecule has 4 N–H and O–H groups in total. The van der Waals surface area contributed by atoms with Gasteiger partial charge in [-0.3, -0.25) is 4.90 Å². The molecule has 1 aliphatic heterocycles. The molecule has 1 aromatic rings. The minimum Gasteiger partial charge on any atom is -0.427 e. The van der Waals surface area contributed by atoms with Gasteiger partial charge in [0.25, 0.3) is 0 Å². The fourth-order valence-corrected chi connectivity index (χ4v) is 5.13. The largest absolute Gasteiger partial charge is 0.451 e. The number of nitrogens with zero attached hydrogens (tertiary/aromatic N) is 1. The first-order valence-electron chi connectivity index (χ1n) is 11.5. The fraction of sp³-hybridized carbons (Fsp3) is 0.739. The molecule has 1 aliphatic carbocycles. The van der Waals surface area contributed by atoms with Crippen LogP contribution < -0.4 is 5.73 Å². The predicted molar refractivity (Wildman–Crippen MR) is 117 cm³/mol. The van der Waals surface area contributed by atoms with E-state index in [0.717, 1.165) is 44.6 Å². The summed E-state index contributed by atoms with van der Waals surface area (Å²) in [5, 5.41) is 17.9. The molecule has 156 valence electrons. The van der Waals surface area contributed by atoms with Crippen molar-refractivity contribution in [2.75, 3.05) is 6.54 Å². The summed E-state index contributed by atoms with van der Waals surface area (Å²) in [6.45, 7) is 2.35. The van der Waals surface area contributed by atoms with Gasteiger partial charge >= 0.3 is 7.12 Å². The predicted octanol–water partition coefficient (Wildman–Crippen LogP) is 3.74. The number of benzene rings is 1. The molecule has 0 bridgehead atoms. The number of rotatable bonds is 10. The molecule has 3 rings (SSSR count). The van der Waals surface area contributed by atoms with E-state index in [1.807, 2.05) is 0 Å². The van der Waals surface area contributed by atoms with Crippen molar-refractivity contribution in [1.29, 1.82) is 0 Å². The molecule has 1 fully saturated rings. The van der Waals surface area contributed by atoms with Crippen LogP contribution in [-0.4, -0.2) is 40.7 Å². The third-order valence-corrected chi connectivity index (χ3v) is 6.84. The lowest BCUT2D eigenvalue weighted by Crippen LogP contribution is -2.44. The van der Waals surface area contributed by atoms with Crippen molar-refractivity contribution in [3.8, 4) is 0 Å². The van der Waals surface area contributed by atoms with Crippen molar-refractivity contribution in [2.24, 2.45) is 11.7 Å². The molecule has 2 atom stereocenters. The molecule has 5 heteroatoms. The van der Waals surface area contributed by atoms with Crippen molar-refractivity contribution < 1.29 is 10.0 Å². The van der Waals surface area contributed by atoms with E-state index in [1.165, 1.54) is 56.2 Å². The number of hydrogen-bond donors (Lipinski definition) is 3. The maximum atomic E-state index is 8.95. The second kappa shape index (κ2) is 11.3. The van der Waals surface area contributed by atoms with Crippen LogP contribution in [0.4, 0.5) is 0 Å². The summed E-state index contributed by atoms with van der Waals surface area (Å²) in [4.78, 5) is 2.76. The van der Waals surface area contributed by atoms with Crippen LogP contribution in [0.5, 0.6) is 0 Å².